The second-order valence-electron chi connectivity index (χ2n) is 6.83. The summed E-state index contributed by atoms with van der Waals surface area (Å²) in [5, 5.41) is 12.0. The molecule has 3 rings (SSSR count). The van der Waals surface area contributed by atoms with Gasteiger partial charge in [0.05, 0.1) is 0 Å². The van der Waals surface area contributed by atoms with Crippen LogP contribution in [0.5, 0.6) is 0 Å². The molecule has 1 aliphatic rings. The van der Waals surface area contributed by atoms with Crippen molar-refractivity contribution in [2.24, 2.45) is 5.92 Å². The lowest BCUT2D eigenvalue weighted by atomic mass is 10.0. The predicted molar refractivity (Wildman–Crippen MR) is 96.2 cm³/mol. The Kier molecular flexibility index (Phi) is 5.66. The highest BCUT2D eigenvalue weighted by Gasteiger charge is 2.44. The van der Waals surface area contributed by atoms with Crippen LogP contribution in [0, 0.1) is 11.7 Å². The van der Waals surface area contributed by atoms with Crippen molar-refractivity contribution in [1.82, 2.24) is 5.32 Å². The van der Waals surface area contributed by atoms with Crippen molar-refractivity contribution < 1.29 is 19.1 Å². The molecule has 2 N–H and O–H groups in total. The van der Waals surface area contributed by atoms with E-state index in [1.165, 1.54) is 12.1 Å². The molecule has 0 aromatic heterocycles. The highest BCUT2D eigenvalue weighted by atomic mass is 19.1. The number of amides is 1. The molecule has 5 heteroatoms. The van der Waals surface area contributed by atoms with Crippen LogP contribution in [0.3, 0.4) is 0 Å². The summed E-state index contributed by atoms with van der Waals surface area (Å²) in [5.41, 5.74) is 2.03. The molecule has 0 radical (unpaired) electrons. The number of carbonyl (C=O) groups is 2. The molecule has 0 bridgehead atoms. The van der Waals surface area contributed by atoms with Crippen molar-refractivity contribution in [1.29, 1.82) is 0 Å². The summed E-state index contributed by atoms with van der Waals surface area (Å²) < 4.78 is 13.0. The largest absolute Gasteiger partial charge is 0.481 e. The molecule has 0 spiro atoms. The molecule has 3 atom stereocenters. The minimum Gasteiger partial charge on any atom is -0.481 e. The Morgan fingerprint density at radius 1 is 1.12 bits per heavy atom. The summed E-state index contributed by atoms with van der Waals surface area (Å²) in [4.78, 5) is 23.5. The molecule has 26 heavy (non-hydrogen) atoms. The minimum atomic E-state index is -0.868. The summed E-state index contributed by atoms with van der Waals surface area (Å²) in [6.07, 6.45) is 1.76. The van der Waals surface area contributed by atoms with Gasteiger partial charge in [0.15, 0.2) is 0 Å². The van der Waals surface area contributed by atoms with E-state index >= 15 is 0 Å². The first-order chi connectivity index (χ1) is 12.5. The maximum Gasteiger partial charge on any atom is 0.303 e. The van der Waals surface area contributed by atoms with Crippen molar-refractivity contribution in [3.63, 3.8) is 0 Å². The number of benzene rings is 2. The van der Waals surface area contributed by atoms with Crippen LogP contribution in [0.25, 0.3) is 0 Å². The van der Waals surface area contributed by atoms with Crippen molar-refractivity contribution in [3.05, 3.63) is 71.5 Å². The van der Waals surface area contributed by atoms with E-state index in [0.29, 0.717) is 12.8 Å². The quantitative estimate of drug-likeness (QED) is 0.761. The molecule has 1 fully saturated rings. The molecular formula is C21H22FNO3. The van der Waals surface area contributed by atoms with E-state index in [2.05, 4.69) is 5.32 Å². The van der Waals surface area contributed by atoms with Gasteiger partial charge in [0.1, 0.15) is 5.82 Å². The Balaban J connectivity index is 1.59. The topological polar surface area (TPSA) is 66.4 Å². The minimum absolute atomic E-state index is 0.0177. The average molecular weight is 355 g/mol. The Hall–Kier alpha value is -2.69. The molecular weight excluding hydrogens is 333 g/mol. The standard InChI is InChI=1S/C21H22FNO3/c22-16-8-6-15(7-9-16)18-13-19(18)21(26)23-17(10-11-20(24)25)12-14-4-2-1-3-5-14/h1-9,17-19H,10-13H2,(H,23,26)(H,24,25). The number of aliphatic carboxylic acids is 1. The number of nitrogens with one attached hydrogen (secondary N) is 1. The summed E-state index contributed by atoms with van der Waals surface area (Å²) in [6, 6.07) is 15.8. The molecule has 2 aromatic carbocycles. The molecule has 2 aromatic rings. The molecule has 0 aliphatic heterocycles. The maximum atomic E-state index is 13.0. The van der Waals surface area contributed by atoms with Crippen LogP contribution in [0.1, 0.15) is 36.3 Å². The zero-order valence-corrected chi connectivity index (χ0v) is 14.4. The third kappa shape index (κ3) is 4.91. The zero-order valence-electron chi connectivity index (χ0n) is 14.4. The fourth-order valence-corrected chi connectivity index (χ4v) is 3.29. The van der Waals surface area contributed by atoms with Crippen LogP contribution >= 0.6 is 0 Å². The molecule has 1 saturated carbocycles. The Morgan fingerprint density at radius 2 is 1.81 bits per heavy atom. The van der Waals surface area contributed by atoms with Crippen molar-refractivity contribution in [2.45, 2.75) is 37.6 Å². The number of carboxylic acid groups (broad SMARTS) is 1. The number of rotatable bonds is 8. The molecule has 1 aliphatic carbocycles. The lowest BCUT2D eigenvalue weighted by Gasteiger charge is -2.18. The summed E-state index contributed by atoms with van der Waals surface area (Å²) in [5.74, 6) is -1.21. The van der Waals surface area contributed by atoms with Gasteiger partial charge in [-0.2, -0.15) is 0 Å². The maximum absolute atomic E-state index is 13.0. The van der Waals surface area contributed by atoms with E-state index < -0.39 is 5.97 Å². The Labute approximate surface area is 152 Å². The molecule has 3 unspecified atom stereocenters. The van der Waals surface area contributed by atoms with E-state index in [1.807, 2.05) is 30.3 Å². The van der Waals surface area contributed by atoms with Crippen LogP contribution in [0.4, 0.5) is 4.39 Å². The molecule has 0 heterocycles. The van der Waals surface area contributed by atoms with Crippen LogP contribution in [-0.4, -0.2) is 23.0 Å². The van der Waals surface area contributed by atoms with Crippen molar-refractivity contribution in [3.8, 4) is 0 Å². The van der Waals surface area contributed by atoms with Gasteiger partial charge in [-0.25, -0.2) is 4.39 Å². The van der Waals surface area contributed by atoms with E-state index in [1.54, 1.807) is 12.1 Å². The second-order valence-corrected chi connectivity index (χ2v) is 6.83. The monoisotopic (exact) mass is 355 g/mol. The van der Waals surface area contributed by atoms with E-state index in [4.69, 9.17) is 5.11 Å². The smallest absolute Gasteiger partial charge is 0.303 e. The van der Waals surface area contributed by atoms with Gasteiger partial charge < -0.3 is 10.4 Å². The molecule has 1 amide bonds. The number of hydrogen-bond acceptors (Lipinski definition) is 2. The lowest BCUT2D eigenvalue weighted by molar-refractivity contribution is -0.137. The van der Waals surface area contributed by atoms with E-state index in [0.717, 1.165) is 17.5 Å². The normalized spacial score (nSPS) is 19.6. The summed E-state index contributed by atoms with van der Waals surface area (Å²) in [7, 11) is 0. The number of carboxylic acids is 1. The molecule has 4 nitrogen and oxygen atoms in total. The first-order valence-corrected chi connectivity index (χ1v) is 8.84. The third-order valence-electron chi connectivity index (χ3n) is 4.80. The molecule has 0 saturated heterocycles. The summed E-state index contributed by atoms with van der Waals surface area (Å²) in [6.45, 7) is 0. The first kappa shape index (κ1) is 18.1. The van der Waals surface area contributed by atoms with Gasteiger partial charge in [-0.1, -0.05) is 42.5 Å². The Morgan fingerprint density at radius 3 is 2.46 bits per heavy atom. The fraction of sp³-hybridized carbons (Fsp3) is 0.333. The van der Waals surface area contributed by atoms with E-state index in [9.17, 15) is 14.0 Å². The van der Waals surface area contributed by atoms with Crippen LogP contribution in [0.15, 0.2) is 54.6 Å². The lowest BCUT2D eigenvalue weighted by Crippen LogP contribution is -2.38. The third-order valence-corrected chi connectivity index (χ3v) is 4.80. The number of hydrogen-bond donors (Lipinski definition) is 2. The Bertz CT molecular complexity index is 761. The van der Waals surface area contributed by atoms with Crippen molar-refractivity contribution >= 4 is 11.9 Å². The van der Waals surface area contributed by atoms with Gasteiger partial charge in [-0.3, -0.25) is 9.59 Å². The van der Waals surface area contributed by atoms with Gasteiger partial charge in [0.25, 0.3) is 0 Å². The fourth-order valence-electron chi connectivity index (χ4n) is 3.29. The zero-order chi connectivity index (χ0) is 18.5. The van der Waals surface area contributed by atoms with Crippen LogP contribution < -0.4 is 5.32 Å². The average Bonchev–Trinajstić information content (AvgIpc) is 3.42. The van der Waals surface area contributed by atoms with Gasteiger partial charge in [-0.15, -0.1) is 0 Å². The van der Waals surface area contributed by atoms with Gasteiger partial charge in [0.2, 0.25) is 5.91 Å². The van der Waals surface area contributed by atoms with E-state index in [-0.39, 0.29) is 36.0 Å². The highest BCUT2D eigenvalue weighted by Crippen LogP contribution is 2.47. The van der Waals surface area contributed by atoms with Crippen LogP contribution in [-0.2, 0) is 16.0 Å². The van der Waals surface area contributed by atoms with Crippen molar-refractivity contribution in [2.75, 3.05) is 0 Å². The highest BCUT2D eigenvalue weighted by molar-refractivity contribution is 5.83. The second kappa shape index (κ2) is 8.13. The van der Waals surface area contributed by atoms with Gasteiger partial charge >= 0.3 is 5.97 Å². The first-order valence-electron chi connectivity index (χ1n) is 8.84. The van der Waals surface area contributed by atoms with Gasteiger partial charge in [0, 0.05) is 18.4 Å². The van der Waals surface area contributed by atoms with Crippen LogP contribution in [0.2, 0.25) is 0 Å². The van der Waals surface area contributed by atoms with Gasteiger partial charge in [-0.05, 0) is 48.4 Å². The predicted octanol–water partition coefficient (Wildman–Crippen LogP) is 3.52. The summed E-state index contributed by atoms with van der Waals surface area (Å²) >= 11 is 0. The number of carbonyl (C=O) groups excluding carboxylic acids is 1. The SMILES string of the molecule is O=C(O)CCC(Cc1ccccc1)NC(=O)C1CC1c1ccc(F)cc1. The molecule has 136 valence electrons. The number of halogens is 1.